The Bertz CT molecular complexity index is 1260. The predicted molar refractivity (Wildman–Crippen MR) is 116 cm³/mol. The summed E-state index contributed by atoms with van der Waals surface area (Å²) in [6.45, 7) is 2.25. The Balaban J connectivity index is 1.87. The van der Waals surface area contributed by atoms with Crippen LogP contribution in [0, 0.1) is 12.7 Å². The van der Waals surface area contributed by atoms with Gasteiger partial charge in [0.2, 0.25) is 0 Å². The predicted octanol–water partition coefficient (Wildman–Crippen LogP) is 4.65. The smallest absolute Gasteiger partial charge is 0.407 e. The van der Waals surface area contributed by atoms with Gasteiger partial charge in [-0.3, -0.25) is 9.36 Å². The first-order valence-electron chi connectivity index (χ1n) is 9.66. The first-order valence-corrected chi connectivity index (χ1v) is 10.0. The molecule has 0 fully saturated rings. The van der Waals surface area contributed by atoms with E-state index < -0.39 is 11.9 Å². The molecule has 1 amide bonds. The van der Waals surface area contributed by atoms with Crippen molar-refractivity contribution in [3.8, 4) is 22.6 Å². The lowest BCUT2D eigenvalue weighted by Gasteiger charge is -2.28. The van der Waals surface area contributed by atoms with Crippen molar-refractivity contribution < 1.29 is 19.0 Å². The molecule has 0 bridgehead atoms. The summed E-state index contributed by atoms with van der Waals surface area (Å²) in [5.74, 6) is -0.176. The minimum Gasteiger partial charge on any atom is -0.495 e. The van der Waals surface area contributed by atoms with E-state index in [9.17, 15) is 14.7 Å². The number of carboxylic acid groups (broad SMARTS) is 1. The number of rotatable bonds is 3. The van der Waals surface area contributed by atoms with Gasteiger partial charge in [-0.2, -0.15) is 0 Å². The number of amides is 1. The molecule has 31 heavy (non-hydrogen) atoms. The van der Waals surface area contributed by atoms with Crippen LogP contribution in [-0.2, 0) is 13.0 Å². The van der Waals surface area contributed by atoms with Crippen LogP contribution < -0.4 is 10.3 Å². The van der Waals surface area contributed by atoms with E-state index >= 15 is 4.39 Å². The highest BCUT2D eigenvalue weighted by molar-refractivity contribution is 6.31. The average Bonchev–Trinajstić information content (AvgIpc) is 2.75. The van der Waals surface area contributed by atoms with Crippen LogP contribution in [-0.4, -0.2) is 34.3 Å². The summed E-state index contributed by atoms with van der Waals surface area (Å²) >= 11 is 6.09. The fraction of sp³-hybridized carbons (Fsp3) is 0.217. The molecule has 4 rings (SSSR count). The molecule has 0 unspecified atom stereocenters. The molecule has 2 heterocycles. The van der Waals surface area contributed by atoms with E-state index in [1.54, 1.807) is 30.3 Å². The third kappa shape index (κ3) is 3.77. The van der Waals surface area contributed by atoms with Gasteiger partial charge < -0.3 is 14.7 Å². The van der Waals surface area contributed by atoms with Gasteiger partial charge in [0, 0.05) is 41.4 Å². The van der Waals surface area contributed by atoms with Crippen molar-refractivity contribution in [2.24, 2.45) is 0 Å². The number of methoxy groups -OCH3 is 1. The number of nitrogens with zero attached hydrogens (tertiary/aromatic N) is 2. The third-order valence-corrected chi connectivity index (χ3v) is 5.94. The van der Waals surface area contributed by atoms with Crippen LogP contribution in [0.5, 0.6) is 5.75 Å². The van der Waals surface area contributed by atoms with Crippen LogP contribution >= 0.6 is 11.6 Å². The largest absolute Gasteiger partial charge is 0.495 e. The maximum Gasteiger partial charge on any atom is 0.407 e. The number of hydrogen-bond acceptors (Lipinski definition) is 3. The molecular weight excluding hydrogens is 423 g/mol. The normalized spacial score (nSPS) is 13.1. The number of halogens is 2. The number of fused-ring (bicyclic) bond motifs is 1. The second kappa shape index (κ2) is 8.07. The van der Waals surface area contributed by atoms with Crippen LogP contribution in [0.25, 0.3) is 16.8 Å². The summed E-state index contributed by atoms with van der Waals surface area (Å²) in [7, 11) is 1.46. The topological polar surface area (TPSA) is 71.8 Å². The van der Waals surface area contributed by atoms with Crippen molar-refractivity contribution >= 4 is 17.7 Å². The lowest BCUT2D eigenvalue weighted by molar-refractivity contribution is 0.139. The molecule has 1 aromatic heterocycles. The van der Waals surface area contributed by atoms with Crippen LogP contribution in [0.4, 0.5) is 9.18 Å². The molecule has 3 aromatic rings. The molecule has 1 aliphatic rings. The fourth-order valence-electron chi connectivity index (χ4n) is 3.90. The van der Waals surface area contributed by atoms with Gasteiger partial charge in [-0.05, 0) is 47.9 Å². The second-order valence-electron chi connectivity index (χ2n) is 7.40. The van der Waals surface area contributed by atoms with Gasteiger partial charge in [0.15, 0.2) is 0 Å². The molecule has 0 saturated heterocycles. The number of pyridine rings is 1. The first-order chi connectivity index (χ1) is 14.8. The SMILES string of the molecule is COc1cc(-c2ccc(Cl)c(C)c2)c(F)cc1-n1c2c(ccc1=O)CN(C(=O)O)CC2. The third-order valence-electron chi connectivity index (χ3n) is 5.52. The minimum atomic E-state index is -1.02. The molecule has 0 aliphatic carbocycles. The molecule has 0 saturated carbocycles. The van der Waals surface area contributed by atoms with Gasteiger partial charge in [-0.15, -0.1) is 0 Å². The number of aromatic nitrogens is 1. The quantitative estimate of drug-likeness (QED) is 0.641. The summed E-state index contributed by atoms with van der Waals surface area (Å²) in [5, 5.41) is 9.87. The van der Waals surface area contributed by atoms with E-state index in [1.165, 1.54) is 28.7 Å². The van der Waals surface area contributed by atoms with E-state index in [2.05, 4.69) is 0 Å². The van der Waals surface area contributed by atoms with Gasteiger partial charge in [-0.1, -0.05) is 17.7 Å². The summed E-state index contributed by atoms with van der Waals surface area (Å²) < 4.78 is 22.1. The van der Waals surface area contributed by atoms with E-state index in [0.717, 1.165) is 5.56 Å². The standard InChI is InChI=1S/C23H20ClFN2O4/c1-13-9-14(3-5-17(13)24)16-10-21(31-2)20(11-18(16)25)27-19-7-8-26(23(29)30)12-15(19)4-6-22(27)28/h3-6,9-11H,7-8,12H2,1-2H3,(H,29,30). The van der Waals surface area contributed by atoms with Gasteiger partial charge in [0.1, 0.15) is 11.6 Å². The fourth-order valence-corrected chi connectivity index (χ4v) is 4.02. The van der Waals surface area contributed by atoms with Crippen molar-refractivity contribution in [3.05, 3.63) is 80.5 Å². The molecule has 8 heteroatoms. The number of ether oxygens (including phenoxy) is 1. The first kappa shape index (κ1) is 20.9. The van der Waals surface area contributed by atoms with Crippen molar-refractivity contribution in [2.45, 2.75) is 19.9 Å². The Morgan fingerprint density at radius 3 is 2.65 bits per heavy atom. The Morgan fingerprint density at radius 2 is 1.97 bits per heavy atom. The molecule has 1 N–H and O–H groups in total. The molecule has 0 spiro atoms. The summed E-state index contributed by atoms with van der Waals surface area (Å²) in [5.41, 5.74) is 3.08. The molecule has 2 aromatic carbocycles. The van der Waals surface area contributed by atoms with Gasteiger partial charge in [0.25, 0.3) is 5.56 Å². The molecule has 0 radical (unpaired) electrons. The van der Waals surface area contributed by atoms with E-state index in [1.807, 2.05) is 6.92 Å². The molecule has 160 valence electrons. The highest BCUT2D eigenvalue weighted by Crippen LogP contribution is 2.34. The molecule has 1 aliphatic heterocycles. The molecule has 0 atom stereocenters. The van der Waals surface area contributed by atoms with Crippen LogP contribution in [0.2, 0.25) is 5.02 Å². The van der Waals surface area contributed by atoms with Crippen molar-refractivity contribution in [3.63, 3.8) is 0 Å². The molecular formula is C23H20ClFN2O4. The molecule has 6 nitrogen and oxygen atoms in total. The lowest BCUT2D eigenvalue weighted by Crippen LogP contribution is -2.38. The van der Waals surface area contributed by atoms with E-state index in [-0.39, 0.29) is 24.3 Å². The van der Waals surface area contributed by atoms with Crippen molar-refractivity contribution in [1.82, 2.24) is 9.47 Å². The number of benzene rings is 2. The zero-order chi connectivity index (χ0) is 22.3. The van der Waals surface area contributed by atoms with Crippen LogP contribution in [0.3, 0.4) is 0 Å². The number of carbonyl (C=O) groups is 1. The Kier molecular flexibility index (Phi) is 5.45. The minimum absolute atomic E-state index is 0.165. The van der Waals surface area contributed by atoms with E-state index in [0.29, 0.717) is 39.6 Å². The average molecular weight is 443 g/mol. The zero-order valence-electron chi connectivity index (χ0n) is 17.0. The highest BCUT2D eigenvalue weighted by atomic mass is 35.5. The van der Waals surface area contributed by atoms with Crippen molar-refractivity contribution in [2.75, 3.05) is 13.7 Å². The Labute approximate surface area is 183 Å². The summed E-state index contributed by atoms with van der Waals surface area (Å²) in [6.07, 6.45) is -0.685. The van der Waals surface area contributed by atoms with Crippen molar-refractivity contribution in [1.29, 1.82) is 0 Å². The Hall–Kier alpha value is -3.32. The maximum absolute atomic E-state index is 15.2. The summed E-state index contributed by atoms with van der Waals surface area (Å²) in [6, 6.07) is 11.0. The maximum atomic E-state index is 15.2. The second-order valence-corrected chi connectivity index (χ2v) is 7.81. The number of aryl methyl sites for hydroxylation is 1. The van der Waals surface area contributed by atoms with Gasteiger partial charge in [0.05, 0.1) is 19.3 Å². The zero-order valence-corrected chi connectivity index (χ0v) is 17.7. The number of hydrogen-bond donors (Lipinski definition) is 1. The van der Waals surface area contributed by atoms with Crippen LogP contribution in [0.1, 0.15) is 16.8 Å². The monoisotopic (exact) mass is 442 g/mol. The van der Waals surface area contributed by atoms with Gasteiger partial charge in [-0.25, -0.2) is 9.18 Å². The lowest BCUT2D eigenvalue weighted by atomic mass is 10.0. The highest BCUT2D eigenvalue weighted by Gasteiger charge is 2.25. The van der Waals surface area contributed by atoms with Crippen LogP contribution in [0.15, 0.2) is 47.3 Å². The van der Waals surface area contributed by atoms with E-state index in [4.69, 9.17) is 16.3 Å². The van der Waals surface area contributed by atoms with Gasteiger partial charge >= 0.3 is 6.09 Å². The summed E-state index contributed by atoms with van der Waals surface area (Å²) in [4.78, 5) is 25.4. The Morgan fingerprint density at radius 1 is 1.19 bits per heavy atom.